The number of rotatable bonds is 3. The lowest BCUT2D eigenvalue weighted by atomic mass is 10.00. The normalized spacial score (nSPS) is 11.5. The zero-order chi connectivity index (χ0) is 10.6. The molecule has 0 heterocycles. The van der Waals surface area contributed by atoms with Crippen LogP contribution in [0.2, 0.25) is 0 Å². The summed E-state index contributed by atoms with van der Waals surface area (Å²) >= 11 is 0. The fourth-order valence-electron chi connectivity index (χ4n) is 1.47. The molecule has 0 saturated heterocycles. The molecule has 0 unspecified atom stereocenters. The number of ketones is 1. The minimum Gasteiger partial charge on any atom is -0.289 e. The van der Waals surface area contributed by atoms with E-state index >= 15 is 0 Å². The molecule has 0 bridgehead atoms. The van der Waals surface area contributed by atoms with Gasteiger partial charge in [0.1, 0.15) is 0 Å². The van der Waals surface area contributed by atoms with E-state index in [-0.39, 0.29) is 5.78 Å². The molecular weight excluding hydrogens is 172 g/mol. The number of aryl methyl sites for hydroxylation is 1. The lowest BCUT2D eigenvalue weighted by Crippen LogP contribution is -2.02. The van der Waals surface area contributed by atoms with Gasteiger partial charge < -0.3 is 0 Å². The Bertz CT molecular complexity index is 361. The van der Waals surface area contributed by atoms with Gasteiger partial charge in [-0.3, -0.25) is 4.79 Å². The molecule has 0 N–H and O–H groups in total. The number of allylic oxidation sites excluding steroid dienone is 2. The molecule has 74 valence electrons. The number of Topliss-reactive ketones (excluding diaryl/α,β-unsaturated/α-hetero) is 1. The van der Waals surface area contributed by atoms with E-state index in [9.17, 15) is 4.79 Å². The molecule has 14 heavy (non-hydrogen) atoms. The molecule has 0 aliphatic heterocycles. The molecule has 0 fully saturated rings. The van der Waals surface area contributed by atoms with E-state index in [1.54, 1.807) is 0 Å². The molecule has 0 amide bonds. The summed E-state index contributed by atoms with van der Waals surface area (Å²) in [5.41, 5.74) is 2.80. The molecule has 0 spiro atoms. The van der Waals surface area contributed by atoms with Crippen molar-refractivity contribution in [2.24, 2.45) is 0 Å². The third-order valence-corrected chi connectivity index (χ3v) is 2.30. The highest BCUT2D eigenvalue weighted by atomic mass is 16.1. The van der Waals surface area contributed by atoms with Gasteiger partial charge in [-0.25, -0.2) is 0 Å². The topological polar surface area (TPSA) is 17.1 Å². The zero-order valence-electron chi connectivity index (χ0n) is 9.00. The smallest absolute Gasteiger partial charge is 0.188 e. The molecule has 1 aromatic rings. The zero-order valence-corrected chi connectivity index (χ0v) is 9.00. The van der Waals surface area contributed by atoms with Crippen LogP contribution in [0.5, 0.6) is 0 Å². The molecule has 0 atom stereocenters. The van der Waals surface area contributed by atoms with Crippen molar-refractivity contribution in [3.63, 3.8) is 0 Å². The molecule has 0 aliphatic carbocycles. The Morgan fingerprint density at radius 3 is 2.64 bits per heavy atom. The van der Waals surface area contributed by atoms with Gasteiger partial charge in [-0.2, -0.15) is 0 Å². The van der Waals surface area contributed by atoms with Crippen LogP contribution >= 0.6 is 0 Å². The lowest BCUT2D eigenvalue weighted by molar-refractivity contribution is 0.103. The molecule has 1 nitrogen and oxygen atoms in total. The van der Waals surface area contributed by atoms with Crippen LogP contribution in [0.4, 0.5) is 0 Å². The number of carbonyl (C=O) groups is 1. The van der Waals surface area contributed by atoms with Gasteiger partial charge in [0.05, 0.1) is 0 Å². The van der Waals surface area contributed by atoms with Crippen LogP contribution in [0.25, 0.3) is 0 Å². The molecule has 0 aliphatic rings. The molecule has 1 rings (SSSR count). The summed E-state index contributed by atoms with van der Waals surface area (Å²) in [4.78, 5) is 11.9. The van der Waals surface area contributed by atoms with Gasteiger partial charge in [0, 0.05) is 5.56 Å². The Labute approximate surface area is 85.5 Å². The molecule has 0 aromatic heterocycles. The highest BCUT2D eigenvalue weighted by molar-refractivity contribution is 6.08. The third-order valence-electron chi connectivity index (χ3n) is 2.30. The number of benzene rings is 1. The van der Waals surface area contributed by atoms with Gasteiger partial charge in [-0.1, -0.05) is 36.8 Å². The first-order valence-corrected chi connectivity index (χ1v) is 4.95. The van der Waals surface area contributed by atoms with Crippen molar-refractivity contribution in [1.82, 2.24) is 0 Å². The summed E-state index contributed by atoms with van der Waals surface area (Å²) in [6.45, 7) is 5.91. The molecule has 1 heteroatoms. The maximum absolute atomic E-state index is 11.9. The molecular formula is C13H16O. The highest BCUT2D eigenvalue weighted by Gasteiger charge is 2.08. The Morgan fingerprint density at radius 1 is 1.43 bits per heavy atom. The Morgan fingerprint density at radius 2 is 2.14 bits per heavy atom. The monoisotopic (exact) mass is 188 g/mol. The molecule has 0 radical (unpaired) electrons. The van der Waals surface area contributed by atoms with Crippen LogP contribution in [-0.2, 0) is 0 Å². The molecule has 1 aromatic carbocycles. The predicted octanol–water partition coefficient (Wildman–Crippen LogP) is 3.53. The summed E-state index contributed by atoms with van der Waals surface area (Å²) in [5, 5.41) is 0. The van der Waals surface area contributed by atoms with Crippen molar-refractivity contribution in [2.45, 2.75) is 27.2 Å². The Kier molecular flexibility index (Phi) is 3.63. The first-order valence-electron chi connectivity index (χ1n) is 4.95. The third kappa shape index (κ3) is 2.32. The van der Waals surface area contributed by atoms with E-state index in [1.165, 1.54) is 0 Å². The van der Waals surface area contributed by atoms with E-state index in [0.29, 0.717) is 0 Å². The number of hydrogen-bond acceptors (Lipinski definition) is 1. The van der Waals surface area contributed by atoms with Crippen molar-refractivity contribution >= 4 is 5.78 Å². The minimum atomic E-state index is 0.152. The predicted molar refractivity (Wildman–Crippen MR) is 59.6 cm³/mol. The minimum absolute atomic E-state index is 0.152. The van der Waals surface area contributed by atoms with Gasteiger partial charge in [-0.05, 0) is 31.9 Å². The van der Waals surface area contributed by atoms with E-state index in [0.717, 1.165) is 23.1 Å². The van der Waals surface area contributed by atoms with Crippen LogP contribution in [0.1, 0.15) is 36.2 Å². The summed E-state index contributed by atoms with van der Waals surface area (Å²) < 4.78 is 0. The Hall–Kier alpha value is -1.37. The summed E-state index contributed by atoms with van der Waals surface area (Å²) in [6, 6.07) is 7.72. The van der Waals surface area contributed by atoms with Crippen molar-refractivity contribution in [3.05, 3.63) is 47.0 Å². The average Bonchev–Trinajstić information content (AvgIpc) is 2.19. The van der Waals surface area contributed by atoms with Crippen LogP contribution in [0.15, 0.2) is 35.9 Å². The first-order chi connectivity index (χ1) is 6.69. The quantitative estimate of drug-likeness (QED) is 0.524. The SMILES string of the molecule is C/C=C(/CC)C(=O)c1cccc(C)c1. The average molecular weight is 188 g/mol. The van der Waals surface area contributed by atoms with E-state index in [2.05, 4.69) is 0 Å². The van der Waals surface area contributed by atoms with Gasteiger partial charge in [0.25, 0.3) is 0 Å². The van der Waals surface area contributed by atoms with Crippen molar-refractivity contribution in [1.29, 1.82) is 0 Å². The largest absolute Gasteiger partial charge is 0.289 e. The van der Waals surface area contributed by atoms with Gasteiger partial charge in [0.15, 0.2) is 5.78 Å². The lowest BCUT2D eigenvalue weighted by Gasteiger charge is -2.03. The number of carbonyl (C=O) groups excluding carboxylic acids is 1. The fourth-order valence-corrected chi connectivity index (χ4v) is 1.47. The van der Waals surface area contributed by atoms with Crippen molar-refractivity contribution < 1.29 is 4.79 Å². The van der Waals surface area contributed by atoms with Gasteiger partial charge >= 0.3 is 0 Å². The second kappa shape index (κ2) is 4.75. The van der Waals surface area contributed by atoms with Crippen LogP contribution in [0, 0.1) is 6.92 Å². The van der Waals surface area contributed by atoms with E-state index in [1.807, 2.05) is 51.1 Å². The second-order valence-corrected chi connectivity index (χ2v) is 3.37. The van der Waals surface area contributed by atoms with Crippen molar-refractivity contribution in [3.8, 4) is 0 Å². The van der Waals surface area contributed by atoms with Crippen LogP contribution in [0.3, 0.4) is 0 Å². The maximum atomic E-state index is 11.9. The first kappa shape index (κ1) is 10.7. The van der Waals surface area contributed by atoms with E-state index in [4.69, 9.17) is 0 Å². The fraction of sp³-hybridized carbons (Fsp3) is 0.308. The van der Waals surface area contributed by atoms with E-state index < -0.39 is 0 Å². The van der Waals surface area contributed by atoms with Crippen LogP contribution < -0.4 is 0 Å². The highest BCUT2D eigenvalue weighted by Crippen LogP contribution is 2.12. The van der Waals surface area contributed by atoms with Crippen LogP contribution in [-0.4, -0.2) is 5.78 Å². The summed E-state index contributed by atoms with van der Waals surface area (Å²) in [5.74, 6) is 0.152. The summed E-state index contributed by atoms with van der Waals surface area (Å²) in [6.07, 6.45) is 2.69. The maximum Gasteiger partial charge on any atom is 0.188 e. The van der Waals surface area contributed by atoms with Crippen molar-refractivity contribution in [2.75, 3.05) is 0 Å². The Balaban J connectivity index is 3.00. The number of hydrogen-bond donors (Lipinski definition) is 0. The van der Waals surface area contributed by atoms with Gasteiger partial charge in [0.2, 0.25) is 0 Å². The summed E-state index contributed by atoms with van der Waals surface area (Å²) in [7, 11) is 0. The second-order valence-electron chi connectivity index (χ2n) is 3.37. The van der Waals surface area contributed by atoms with Gasteiger partial charge in [-0.15, -0.1) is 0 Å². The standard InChI is InChI=1S/C13H16O/c1-4-11(5-2)13(14)12-8-6-7-10(3)9-12/h4,6-9H,5H2,1-3H3/b11-4-. The molecule has 0 saturated carbocycles.